The molecule has 0 aliphatic heterocycles. The van der Waals surface area contributed by atoms with Gasteiger partial charge in [-0.3, -0.25) is 4.79 Å². The molecule has 2 unspecified atom stereocenters. The number of rotatable bonds is 3. The molecule has 20 heavy (non-hydrogen) atoms. The average molecular weight is 286 g/mol. The van der Waals surface area contributed by atoms with Crippen LogP contribution in [0.4, 0.5) is 13.2 Å². The van der Waals surface area contributed by atoms with Crippen molar-refractivity contribution in [1.29, 1.82) is 0 Å². The third kappa shape index (κ3) is 3.32. The number of benzene rings is 1. The maximum atomic E-state index is 12.8. The molecule has 0 amide bonds. The van der Waals surface area contributed by atoms with E-state index in [1.807, 2.05) is 0 Å². The van der Waals surface area contributed by atoms with Crippen molar-refractivity contribution in [2.24, 2.45) is 11.8 Å². The van der Waals surface area contributed by atoms with E-state index in [1.54, 1.807) is 24.3 Å². The summed E-state index contributed by atoms with van der Waals surface area (Å²) in [7, 11) is 1.49. The lowest BCUT2D eigenvalue weighted by Crippen LogP contribution is -2.31. The van der Waals surface area contributed by atoms with Crippen molar-refractivity contribution in [2.45, 2.75) is 31.9 Å². The van der Waals surface area contributed by atoms with Crippen LogP contribution in [0.15, 0.2) is 24.3 Å². The van der Waals surface area contributed by atoms with E-state index >= 15 is 0 Å². The fourth-order valence-corrected chi connectivity index (χ4v) is 2.74. The summed E-state index contributed by atoms with van der Waals surface area (Å²) in [6.45, 7) is 0. The Labute approximate surface area is 115 Å². The van der Waals surface area contributed by atoms with Crippen LogP contribution in [0.25, 0.3) is 0 Å². The largest absolute Gasteiger partial charge is 0.497 e. The molecule has 2 atom stereocenters. The summed E-state index contributed by atoms with van der Waals surface area (Å²) in [5, 5.41) is 0. The van der Waals surface area contributed by atoms with Gasteiger partial charge in [0, 0.05) is 11.5 Å². The Morgan fingerprint density at radius 1 is 1.30 bits per heavy atom. The molecule has 2 nitrogen and oxygen atoms in total. The SMILES string of the molecule is COc1cccc(C(=O)C2CCCC(C(F)(F)F)C2)c1. The van der Waals surface area contributed by atoms with Gasteiger partial charge in [-0.25, -0.2) is 0 Å². The van der Waals surface area contributed by atoms with Crippen LogP contribution >= 0.6 is 0 Å². The van der Waals surface area contributed by atoms with E-state index in [4.69, 9.17) is 4.74 Å². The number of hydrogen-bond donors (Lipinski definition) is 0. The van der Waals surface area contributed by atoms with Gasteiger partial charge in [-0.05, 0) is 31.4 Å². The van der Waals surface area contributed by atoms with Crippen LogP contribution in [0.3, 0.4) is 0 Å². The fourth-order valence-electron chi connectivity index (χ4n) is 2.74. The summed E-state index contributed by atoms with van der Waals surface area (Å²) in [5.74, 6) is -1.56. The van der Waals surface area contributed by atoms with Crippen molar-refractivity contribution in [2.75, 3.05) is 7.11 Å². The molecule has 0 N–H and O–H groups in total. The second-order valence-electron chi connectivity index (χ2n) is 5.20. The van der Waals surface area contributed by atoms with E-state index in [2.05, 4.69) is 0 Å². The van der Waals surface area contributed by atoms with Crippen LogP contribution in [0.1, 0.15) is 36.0 Å². The lowest BCUT2D eigenvalue weighted by Gasteiger charge is -2.29. The molecule has 110 valence electrons. The molecule has 1 aromatic carbocycles. The van der Waals surface area contributed by atoms with Gasteiger partial charge in [0.1, 0.15) is 5.75 Å². The van der Waals surface area contributed by atoms with Gasteiger partial charge in [-0.15, -0.1) is 0 Å². The molecule has 0 heterocycles. The molecular weight excluding hydrogens is 269 g/mol. The summed E-state index contributed by atoms with van der Waals surface area (Å²) in [6.07, 6.45) is -3.19. The van der Waals surface area contributed by atoms with Crippen molar-refractivity contribution >= 4 is 5.78 Å². The van der Waals surface area contributed by atoms with Crippen molar-refractivity contribution < 1.29 is 22.7 Å². The Bertz CT molecular complexity index is 482. The summed E-state index contributed by atoms with van der Waals surface area (Å²) in [5.41, 5.74) is 0.428. The zero-order valence-corrected chi connectivity index (χ0v) is 11.2. The van der Waals surface area contributed by atoms with E-state index < -0.39 is 18.0 Å². The van der Waals surface area contributed by atoms with Crippen LogP contribution in [0.2, 0.25) is 0 Å². The maximum Gasteiger partial charge on any atom is 0.391 e. The number of Topliss-reactive ketones (excluding diaryl/α,β-unsaturated/α-hetero) is 1. The molecule has 0 bridgehead atoms. The van der Waals surface area contributed by atoms with E-state index in [1.165, 1.54) is 7.11 Å². The number of hydrogen-bond acceptors (Lipinski definition) is 2. The Kier molecular flexibility index (Phi) is 4.35. The molecule has 0 spiro atoms. The second kappa shape index (κ2) is 5.85. The predicted octanol–water partition coefficient (Wildman–Crippen LogP) is 4.25. The maximum absolute atomic E-state index is 12.8. The summed E-state index contributed by atoms with van der Waals surface area (Å²) >= 11 is 0. The highest BCUT2D eigenvalue weighted by molar-refractivity contribution is 5.98. The summed E-state index contributed by atoms with van der Waals surface area (Å²) in [6, 6.07) is 6.59. The lowest BCUT2D eigenvalue weighted by atomic mass is 9.77. The normalized spacial score (nSPS) is 23.4. The van der Waals surface area contributed by atoms with Gasteiger partial charge in [0.25, 0.3) is 0 Å². The van der Waals surface area contributed by atoms with Crippen LogP contribution in [0, 0.1) is 11.8 Å². The monoisotopic (exact) mass is 286 g/mol. The molecule has 0 aromatic heterocycles. The summed E-state index contributed by atoms with van der Waals surface area (Å²) in [4.78, 5) is 12.3. The Balaban J connectivity index is 2.12. The number of halogens is 3. The van der Waals surface area contributed by atoms with Gasteiger partial charge in [0.15, 0.2) is 5.78 Å². The van der Waals surface area contributed by atoms with Gasteiger partial charge in [-0.2, -0.15) is 13.2 Å². The smallest absolute Gasteiger partial charge is 0.391 e. The minimum atomic E-state index is -4.20. The molecule has 1 aromatic rings. The zero-order chi connectivity index (χ0) is 14.8. The third-order valence-corrected chi connectivity index (χ3v) is 3.86. The van der Waals surface area contributed by atoms with Crippen molar-refractivity contribution in [3.05, 3.63) is 29.8 Å². The first-order valence-electron chi connectivity index (χ1n) is 6.67. The molecular formula is C15H17F3O2. The molecule has 1 fully saturated rings. The number of carbonyl (C=O) groups excluding carboxylic acids is 1. The van der Waals surface area contributed by atoms with Gasteiger partial charge in [0.2, 0.25) is 0 Å². The summed E-state index contributed by atoms with van der Waals surface area (Å²) < 4.78 is 43.3. The van der Waals surface area contributed by atoms with Crippen molar-refractivity contribution in [3.8, 4) is 5.75 Å². The van der Waals surface area contributed by atoms with Gasteiger partial charge in [0.05, 0.1) is 13.0 Å². The topological polar surface area (TPSA) is 26.3 Å². The zero-order valence-electron chi connectivity index (χ0n) is 11.2. The molecule has 1 aliphatic carbocycles. The standard InChI is InChI=1S/C15H17F3O2/c1-20-13-7-3-5-11(9-13)14(19)10-4-2-6-12(8-10)15(16,17)18/h3,5,7,9-10,12H,2,4,6,8H2,1H3. The van der Waals surface area contributed by atoms with E-state index in [0.717, 1.165) is 0 Å². The molecule has 0 saturated heterocycles. The minimum absolute atomic E-state index is 0.0977. The van der Waals surface area contributed by atoms with E-state index in [9.17, 15) is 18.0 Å². The number of ether oxygens (including phenoxy) is 1. The van der Waals surface area contributed by atoms with Crippen molar-refractivity contribution in [1.82, 2.24) is 0 Å². The molecule has 0 radical (unpaired) electrons. The molecule has 1 aliphatic rings. The van der Waals surface area contributed by atoms with Crippen LogP contribution in [0.5, 0.6) is 5.75 Å². The first kappa shape index (κ1) is 14.9. The molecule has 1 saturated carbocycles. The Morgan fingerprint density at radius 2 is 2.05 bits per heavy atom. The van der Waals surface area contributed by atoms with Gasteiger partial charge in [-0.1, -0.05) is 18.6 Å². The van der Waals surface area contributed by atoms with Crippen molar-refractivity contribution in [3.63, 3.8) is 0 Å². The van der Waals surface area contributed by atoms with Gasteiger partial charge >= 0.3 is 6.18 Å². The van der Waals surface area contributed by atoms with E-state index in [0.29, 0.717) is 24.2 Å². The number of methoxy groups -OCH3 is 1. The van der Waals surface area contributed by atoms with Crippen LogP contribution < -0.4 is 4.74 Å². The Morgan fingerprint density at radius 3 is 2.70 bits per heavy atom. The first-order valence-corrected chi connectivity index (χ1v) is 6.67. The highest BCUT2D eigenvalue weighted by Gasteiger charge is 2.43. The highest BCUT2D eigenvalue weighted by atomic mass is 19.4. The highest BCUT2D eigenvalue weighted by Crippen LogP contribution is 2.40. The lowest BCUT2D eigenvalue weighted by molar-refractivity contribution is -0.184. The van der Waals surface area contributed by atoms with Crippen LogP contribution in [-0.2, 0) is 0 Å². The Hall–Kier alpha value is -1.52. The third-order valence-electron chi connectivity index (χ3n) is 3.86. The number of ketones is 1. The molecule has 2 rings (SSSR count). The second-order valence-corrected chi connectivity index (χ2v) is 5.20. The minimum Gasteiger partial charge on any atom is -0.497 e. The first-order chi connectivity index (χ1) is 9.41. The quantitative estimate of drug-likeness (QED) is 0.777. The predicted molar refractivity (Wildman–Crippen MR) is 68.8 cm³/mol. The number of alkyl halides is 3. The number of carbonyl (C=O) groups is 1. The van der Waals surface area contributed by atoms with Crippen LogP contribution in [-0.4, -0.2) is 19.1 Å². The molecule has 5 heteroatoms. The van der Waals surface area contributed by atoms with E-state index in [-0.39, 0.29) is 18.6 Å². The fraction of sp³-hybridized carbons (Fsp3) is 0.533. The van der Waals surface area contributed by atoms with Gasteiger partial charge < -0.3 is 4.74 Å². The average Bonchev–Trinajstić information content (AvgIpc) is 2.46.